The van der Waals surface area contributed by atoms with E-state index < -0.39 is 5.82 Å². The number of hydrogen-bond acceptors (Lipinski definition) is 2. The summed E-state index contributed by atoms with van der Waals surface area (Å²) in [6, 6.07) is 7.51. The third-order valence-electron chi connectivity index (χ3n) is 2.21. The Morgan fingerprint density at radius 3 is 2.71 bits per heavy atom. The molecule has 0 amide bonds. The SMILES string of the molecule is O=C(Cc1ccc(Br)cc1F)c1ccc(Cl)o1. The number of carbonyl (C=O) groups excluding carboxylic acids is 1. The number of Topliss-reactive ketones (excluding diaryl/α,β-unsaturated/α-hetero) is 1. The summed E-state index contributed by atoms with van der Waals surface area (Å²) in [5.74, 6) is -0.596. The number of benzene rings is 1. The van der Waals surface area contributed by atoms with Crippen LogP contribution in [-0.2, 0) is 6.42 Å². The van der Waals surface area contributed by atoms with Crippen LogP contribution in [0.2, 0.25) is 5.22 Å². The van der Waals surface area contributed by atoms with Gasteiger partial charge in [-0.1, -0.05) is 22.0 Å². The lowest BCUT2D eigenvalue weighted by atomic mass is 10.1. The molecule has 0 saturated carbocycles. The molecule has 2 nitrogen and oxygen atoms in total. The third kappa shape index (κ3) is 2.96. The maximum Gasteiger partial charge on any atom is 0.202 e. The largest absolute Gasteiger partial charge is 0.442 e. The van der Waals surface area contributed by atoms with E-state index in [4.69, 9.17) is 16.0 Å². The smallest absolute Gasteiger partial charge is 0.202 e. The van der Waals surface area contributed by atoms with Crippen molar-refractivity contribution in [1.82, 2.24) is 0 Å². The van der Waals surface area contributed by atoms with Crippen molar-refractivity contribution in [2.75, 3.05) is 0 Å². The molecule has 0 bridgehead atoms. The third-order valence-corrected chi connectivity index (χ3v) is 2.91. The van der Waals surface area contributed by atoms with E-state index in [0.717, 1.165) is 0 Å². The van der Waals surface area contributed by atoms with Crippen LogP contribution in [0.5, 0.6) is 0 Å². The Morgan fingerprint density at radius 2 is 2.12 bits per heavy atom. The van der Waals surface area contributed by atoms with Crippen molar-refractivity contribution >= 4 is 33.3 Å². The molecular formula is C12H7BrClFO2. The highest BCUT2D eigenvalue weighted by atomic mass is 79.9. The molecule has 0 radical (unpaired) electrons. The van der Waals surface area contributed by atoms with Gasteiger partial charge in [0, 0.05) is 10.9 Å². The second kappa shape index (κ2) is 5.02. The molecule has 1 aromatic carbocycles. The number of carbonyl (C=O) groups is 1. The highest BCUT2D eigenvalue weighted by molar-refractivity contribution is 9.10. The van der Waals surface area contributed by atoms with Gasteiger partial charge < -0.3 is 4.42 Å². The average Bonchev–Trinajstić information content (AvgIpc) is 2.69. The zero-order valence-corrected chi connectivity index (χ0v) is 10.9. The summed E-state index contributed by atoms with van der Waals surface area (Å²) < 4.78 is 19.1. The molecule has 5 heteroatoms. The zero-order valence-electron chi connectivity index (χ0n) is 8.54. The normalized spacial score (nSPS) is 10.5. The molecule has 1 aromatic heterocycles. The summed E-state index contributed by atoms with van der Waals surface area (Å²) in [7, 11) is 0. The Bertz CT molecular complexity index is 565. The first-order chi connectivity index (χ1) is 8.06. The maximum absolute atomic E-state index is 13.5. The standard InChI is InChI=1S/C12H7BrClFO2/c13-8-2-1-7(9(15)6-8)5-10(16)11-3-4-12(14)17-11/h1-4,6H,5H2. The molecule has 2 aromatic rings. The van der Waals surface area contributed by atoms with Gasteiger partial charge in [-0.3, -0.25) is 4.79 Å². The minimum absolute atomic E-state index is 0.0526. The van der Waals surface area contributed by atoms with Crippen LogP contribution >= 0.6 is 27.5 Å². The summed E-state index contributed by atoms with van der Waals surface area (Å²) in [6.07, 6.45) is -0.0526. The zero-order chi connectivity index (χ0) is 12.4. The van der Waals surface area contributed by atoms with E-state index in [0.29, 0.717) is 10.0 Å². The molecule has 17 heavy (non-hydrogen) atoms. The van der Waals surface area contributed by atoms with Crippen LogP contribution in [0.3, 0.4) is 0 Å². The summed E-state index contributed by atoms with van der Waals surface area (Å²) in [4.78, 5) is 11.7. The second-order valence-electron chi connectivity index (χ2n) is 3.44. The van der Waals surface area contributed by atoms with Gasteiger partial charge in [0.2, 0.25) is 5.78 Å². The Morgan fingerprint density at radius 1 is 1.35 bits per heavy atom. The van der Waals surface area contributed by atoms with Crippen molar-refractivity contribution in [3.63, 3.8) is 0 Å². The van der Waals surface area contributed by atoms with Gasteiger partial charge in [-0.2, -0.15) is 0 Å². The summed E-state index contributed by atoms with van der Waals surface area (Å²) in [5, 5.41) is 0.143. The minimum atomic E-state index is -0.426. The van der Waals surface area contributed by atoms with Gasteiger partial charge in [-0.25, -0.2) is 4.39 Å². The van der Waals surface area contributed by atoms with Crippen molar-refractivity contribution in [2.24, 2.45) is 0 Å². The fourth-order valence-electron chi connectivity index (χ4n) is 1.39. The molecular weight excluding hydrogens is 310 g/mol. The highest BCUT2D eigenvalue weighted by Crippen LogP contribution is 2.19. The summed E-state index contributed by atoms with van der Waals surface area (Å²) >= 11 is 8.71. The second-order valence-corrected chi connectivity index (χ2v) is 4.73. The van der Waals surface area contributed by atoms with Gasteiger partial charge in [-0.05, 0) is 41.4 Å². The van der Waals surface area contributed by atoms with E-state index in [2.05, 4.69) is 15.9 Å². The summed E-state index contributed by atoms with van der Waals surface area (Å²) in [5.41, 5.74) is 0.325. The molecule has 0 N–H and O–H groups in total. The van der Waals surface area contributed by atoms with E-state index in [1.165, 1.54) is 18.2 Å². The Labute approximate surface area is 111 Å². The molecule has 88 valence electrons. The lowest BCUT2D eigenvalue weighted by Gasteiger charge is -2.01. The monoisotopic (exact) mass is 316 g/mol. The van der Waals surface area contributed by atoms with E-state index in [1.807, 2.05) is 0 Å². The highest BCUT2D eigenvalue weighted by Gasteiger charge is 2.14. The molecule has 0 atom stereocenters. The maximum atomic E-state index is 13.5. The van der Waals surface area contributed by atoms with Crippen LogP contribution in [-0.4, -0.2) is 5.78 Å². The molecule has 0 spiro atoms. The fraction of sp³-hybridized carbons (Fsp3) is 0.0833. The van der Waals surface area contributed by atoms with Crippen LogP contribution in [0.15, 0.2) is 39.2 Å². The first kappa shape index (κ1) is 12.3. The van der Waals surface area contributed by atoms with Gasteiger partial charge in [0.25, 0.3) is 0 Å². The first-order valence-electron chi connectivity index (χ1n) is 4.79. The molecule has 0 aliphatic carbocycles. The quantitative estimate of drug-likeness (QED) is 0.792. The number of ketones is 1. The van der Waals surface area contributed by atoms with E-state index in [-0.39, 0.29) is 23.2 Å². The summed E-state index contributed by atoms with van der Waals surface area (Å²) in [6.45, 7) is 0. The molecule has 0 fully saturated rings. The Kier molecular flexibility index (Phi) is 3.64. The van der Waals surface area contributed by atoms with Crippen molar-refractivity contribution < 1.29 is 13.6 Å². The molecule has 1 heterocycles. The van der Waals surface area contributed by atoms with Gasteiger partial charge in [0.15, 0.2) is 11.0 Å². The Hall–Kier alpha value is -1.13. The van der Waals surface area contributed by atoms with E-state index in [9.17, 15) is 9.18 Å². The van der Waals surface area contributed by atoms with Gasteiger partial charge >= 0.3 is 0 Å². The molecule has 0 unspecified atom stereocenters. The van der Waals surface area contributed by atoms with Gasteiger partial charge in [-0.15, -0.1) is 0 Å². The average molecular weight is 318 g/mol. The van der Waals surface area contributed by atoms with Crippen molar-refractivity contribution in [2.45, 2.75) is 6.42 Å². The van der Waals surface area contributed by atoms with E-state index in [1.54, 1.807) is 12.1 Å². The van der Waals surface area contributed by atoms with Crippen LogP contribution in [0.4, 0.5) is 4.39 Å². The number of halogens is 3. The molecule has 0 aliphatic heterocycles. The molecule has 0 aliphatic rings. The van der Waals surface area contributed by atoms with Crippen LogP contribution in [0, 0.1) is 5.82 Å². The molecule has 2 rings (SSSR count). The fourth-order valence-corrected chi connectivity index (χ4v) is 1.87. The number of furan rings is 1. The van der Waals surface area contributed by atoms with Crippen molar-refractivity contribution in [1.29, 1.82) is 0 Å². The lowest BCUT2D eigenvalue weighted by Crippen LogP contribution is -2.03. The van der Waals surface area contributed by atoms with Crippen molar-refractivity contribution in [3.05, 3.63) is 57.2 Å². The Balaban J connectivity index is 2.18. The number of hydrogen-bond donors (Lipinski definition) is 0. The topological polar surface area (TPSA) is 30.2 Å². The predicted octanol–water partition coefficient (Wildman–Crippen LogP) is 4.26. The number of rotatable bonds is 3. The first-order valence-corrected chi connectivity index (χ1v) is 5.96. The van der Waals surface area contributed by atoms with Gasteiger partial charge in [0.05, 0.1) is 0 Å². The van der Waals surface area contributed by atoms with Gasteiger partial charge in [0.1, 0.15) is 5.82 Å². The predicted molar refractivity (Wildman–Crippen MR) is 65.9 cm³/mol. The molecule has 0 saturated heterocycles. The van der Waals surface area contributed by atoms with Crippen molar-refractivity contribution in [3.8, 4) is 0 Å². The van der Waals surface area contributed by atoms with Crippen LogP contribution in [0.25, 0.3) is 0 Å². The minimum Gasteiger partial charge on any atom is -0.442 e. The van der Waals surface area contributed by atoms with E-state index >= 15 is 0 Å². The van der Waals surface area contributed by atoms with Crippen LogP contribution in [0.1, 0.15) is 16.1 Å². The lowest BCUT2D eigenvalue weighted by molar-refractivity contribution is 0.0965. The van der Waals surface area contributed by atoms with Crippen LogP contribution < -0.4 is 0 Å².